The Balaban J connectivity index is 0.000000880. The van der Waals surface area contributed by atoms with Crippen LogP contribution in [0.15, 0.2) is 24.3 Å². The van der Waals surface area contributed by atoms with Crippen molar-refractivity contribution in [1.82, 2.24) is 0 Å². The zero-order chi connectivity index (χ0) is 33.9. The smallest absolute Gasteiger partial charge is 0.339 e. The predicted octanol–water partition coefficient (Wildman–Crippen LogP) is 6.13. The van der Waals surface area contributed by atoms with Crippen LogP contribution in [0.2, 0.25) is 0 Å². The SMILES string of the molecule is CCCCOC(=O)CC(O)(CC(=O)OCCCC)C(=O)OCCCC.CCCCOC(=O)c1ccccc1C(=O)OCCCC. The van der Waals surface area contributed by atoms with Crippen molar-refractivity contribution in [3.63, 3.8) is 0 Å². The molecule has 256 valence electrons. The number of esters is 5. The molecule has 0 heterocycles. The van der Waals surface area contributed by atoms with Crippen molar-refractivity contribution in [3.8, 4) is 0 Å². The van der Waals surface area contributed by atoms with E-state index in [0.29, 0.717) is 32.5 Å². The zero-order valence-corrected chi connectivity index (χ0v) is 27.9. The molecule has 45 heavy (non-hydrogen) atoms. The first-order valence-corrected chi connectivity index (χ1v) is 16.2. The summed E-state index contributed by atoms with van der Waals surface area (Å²) in [6.07, 6.45) is 6.77. The molecule has 1 rings (SSSR count). The van der Waals surface area contributed by atoms with Crippen molar-refractivity contribution in [2.45, 2.75) is 117 Å². The molecule has 0 spiro atoms. The van der Waals surface area contributed by atoms with E-state index >= 15 is 0 Å². The van der Waals surface area contributed by atoms with E-state index in [1.54, 1.807) is 24.3 Å². The Kier molecular flexibility index (Phi) is 23.8. The van der Waals surface area contributed by atoms with E-state index < -0.39 is 48.3 Å². The van der Waals surface area contributed by atoms with Crippen LogP contribution in [0.4, 0.5) is 0 Å². The summed E-state index contributed by atoms with van der Waals surface area (Å²) in [5.41, 5.74) is -1.73. The number of carbonyl (C=O) groups is 5. The molecule has 1 N–H and O–H groups in total. The molecule has 0 radical (unpaired) electrons. The monoisotopic (exact) mass is 638 g/mol. The summed E-state index contributed by atoms with van der Waals surface area (Å²) >= 11 is 0. The Hall–Kier alpha value is -3.47. The number of ether oxygens (including phenoxy) is 5. The minimum Gasteiger partial charge on any atom is -0.466 e. The van der Waals surface area contributed by atoms with Crippen molar-refractivity contribution in [2.75, 3.05) is 33.0 Å². The van der Waals surface area contributed by atoms with Crippen molar-refractivity contribution < 1.29 is 52.8 Å². The Morgan fingerprint density at radius 3 is 1.18 bits per heavy atom. The van der Waals surface area contributed by atoms with Crippen molar-refractivity contribution in [2.24, 2.45) is 0 Å². The van der Waals surface area contributed by atoms with Gasteiger partial charge in [-0.1, -0.05) is 78.9 Å². The van der Waals surface area contributed by atoms with Crippen LogP contribution in [0.3, 0.4) is 0 Å². The van der Waals surface area contributed by atoms with Gasteiger partial charge in [0.05, 0.1) is 57.0 Å². The quantitative estimate of drug-likeness (QED) is 0.0887. The summed E-state index contributed by atoms with van der Waals surface area (Å²) in [6, 6.07) is 6.59. The lowest BCUT2D eigenvalue weighted by atomic mass is 9.95. The van der Waals surface area contributed by atoms with Crippen LogP contribution < -0.4 is 0 Å². The average molecular weight is 639 g/mol. The standard InChI is InChI=1S/C18H32O7.C16H22O4/c1-4-7-10-23-15(19)13-18(22,17(21)25-12-9-6-3)14-16(20)24-11-8-5-2;1-3-5-11-19-15(17)13-9-7-8-10-14(13)16(18)20-12-6-4-2/h22H,4-14H2,1-3H3;7-10H,3-6,11-12H2,1-2H3. The third-order valence-corrected chi connectivity index (χ3v) is 6.34. The van der Waals surface area contributed by atoms with Gasteiger partial charge in [0.1, 0.15) is 0 Å². The van der Waals surface area contributed by atoms with E-state index in [2.05, 4.69) is 0 Å². The summed E-state index contributed by atoms with van der Waals surface area (Å²) in [6.45, 7) is 11.1. The third kappa shape index (κ3) is 18.8. The molecule has 0 atom stereocenters. The number of unbranched alkanes of at least 4 members (excludes halogenated alkanes) is 5. The van der Waals surface area contributed by atoms with Crippen molar-refractivity contribution in [1.29, 1.82) is 0 Å². The van der Waals surface area contributed by atoms with Gasteiger partial charge in [0.25, 0.3) is 0 Å². The Morgan fingerprint density at radius 1 is 0.533 bits per heavy atom. The van der Waals surface area contributed by atoms with Gasteiger partial charge in [0, 0.05) is 0 Å². The molecule has 0 saturated heterocycles. The van der Waals surface area contributed by atoms with E-state index in [9.17, 15) is 29.1 Å². The highest BCUT2D eigenvalue weighted by Crippen LogP contribution is 2.20. The Labute approximate surface area is 268 Å². The number of rotatable bonds is 22. The first-order valence-electron chi connectivity index (χ1n) is 16.2. The molecule has 0 aliphatic rings. The molecule has 0 aromatic heterocycles. The van der Waals surface area contributed by atoms with Crippen LogP contribution in [-0.2, 0) is 38.1 Å². The van der Waals surface area contributed by atoms with Gasteiger partial charge in [-0.25, -0.2) is 14.4 Å². The van der Waals surface area contributed by atoms with E-state index in [4.69, 9.17) is 23.7 Å². The number of aliphatic hydroxyl groups is 1. The molecule has 0 bridgehead atoms. The van der Waals surface area contributed by atoms with Gasteiger partial charge in [-0.3, -0.25) is 9.59 Å². The van der Waals surface area contributed by atoms with Gasteiger partial charge in [0.2, 0.25) is 0 Å². The van der Waals surface area contributed by atoms with Gasteiger partial charge in [-0.15, -0.1) is 0 Å². The van der Waals surface area contributed by atoms with Crippen LogP contribution >= 0.6 is 0 Å². The second-order valence-corrected chi connectivity index (χ2v) is 10.5. The largest absolute Gasteiger partial charge is 0.466 e. The van der Waals surface area contributed by atoms with Crippen LogP contribution in [0.1, 0.15) is 132 Å². The Morgan fingerprint density at radius 2 is 0.844 bits per heavy atom. The van der Waals surface area contributed by atoms with E-state index in [1.165, 1.54) is 0 Å². The second kappa shape index (κ2) is 25.8. The highest BCUT2D eigenvalue weighted by atomic mass is 16.6. The Bertz CT molecular complexity index is 941. The molecule has 0 fully saturated rings. The summed E-state index contributed by atoms with van der Waals surface area (Å²) in [5, 5.41) is 10.6. The molecule has 11 nitrogen and oxygen atoms in total. The van der Waals surface area contributed by atoms with E-state index in [-0.39, 0.29) is 30.9 Å². The first kappa shape index (κ1) is 41.5. The van der Waals surface area contributed by atoms with E-state index in [1.807, 2.05) is 34.6 Å². The number of hydrogen-bond acceptors (Lipinski definition) is 11. The van der Waals surface area contributed by atoms with Gasteiger partial charge in [-0.2, -0.15) is 0 Å². The molecule has 0 amide bonds. The lowest BCUT2D eigenvalue weighted by molar-refractivity contribution is -0.178. The lowest BCUT2D eigenvalue weighted by Gasteiger charge is -2.24. The summed E-state index contributed by atoms with van der Waals surface area (Å²) in [4.78, 5) is 59.8. The van der Waals surface area contributed by atoms with E-state index in [0.717, 1.165) is 44.9 Å². The molecular formula is C34H54O11. The molecule has 11 heteroatoms. The maximum absolute atomic E-state index is 12.2. The van der Waals surface area contributed by atoms with Crippen molar-refractivity contribution in [3.05, 3.63) is 35.4 Å². The summed E-state index contributed by atoms with van der Waals surface area (Å²) in [5.74, 6) is -3.43. The van der Waals surface area contributed by atoms with Crippen LogP contribution in [0.5, 0.6) is 0 Å². The highest BCUT2D eigenvalue weighted by Gasteiger charge is 2.43. The first-order chi connectivity index (χ1) is 21.6. The normalized spacial score (nSPS) is 10.6. The molecule has 0 aliphatic carbocycles. The minimum absolute atomic E-state index is 0.118. The van der Waals surface area contributed by atoms with Gasteiger partial charge in [-0.05, 0) is 44.2 Å². The van der Waals surface area contributed by atoms with Crippen LogP contribution in [0.25, 0.3) is 0 Å². The van der Waals surface area contributed by atoms with Crippen LogP contribution in [0, 0.1) is 0 Å². The topological polar surface area (TPSA) is 152 Å². The predicted molar refractivity (Wildman–Crippen MR) is 169 cm³/mol. The number of carbonyl (C=O) groups excluding carboxylic acids is 5. The molecule has 0 unspecified atom stereocenters. The molecule has 0 saturated carbocycles. The summed E-state index contributed by atoms with van der Waals surface area (Å²) in [7, 11) is 0. The molecule has 0 aliphatic heterocycles. The minimum atomic E-state index is -2.26. The molecule has 1 aromatic carbocycles. The average Bonchev–Trinajstić information content (AvgIpc) is 3.01. The molecular weight excluding hydrogens is 584 g/mol. The number of hydrogen-bond donors (Lipinski definition) is 1. The third-order valence-electron chi connectivity index (χ3n) is 6.34. The van der Waals surface area contributed by atoms with Crippen LogP contribution in [-0.4, -0.2) is 73.6 Å². The van der Waals surface area contributed by atoms with Gasteiger partial charge < -0.3 is 28.8 Å². The fourth-order valence-electron chi connectivity index (χ4n) is 3.50. The maximum atomic E-state index is 12.2. The fourth-order valence-corrected chi connectivity index (χ4v) is 3.50. The van der Waals surface area contributed by atoms with Crippen molar-refractivity contribution >= 4 is 29.8 Å². The molecule has 1 aromatic rings. The highest BCUT2D eigenvalue weighted by molar-refractivity contribution is 6.03. The summed E-state index contributed by atoms with van der Waals surface area (Å²) < 4.78 is 25.2. The number of benzene rings is 1. The maximum Gasteiger partial charge on any atom is 0.339 e. The zero-order valence-electron chi connectivity index (χ0n) is 27.9. The van der Waals surface area contributed by atoms with Gasteiger partial charge >= 0.3 is 29.8 Å². The fraction of sp³-hybridized carbons (Fsp3) is 0.676. The lowest BCUT2D eigenvalue weighted by Crippen LogP contribution is -2.45. The van der Waals surface area contributed by atoms with Gasteiger partial charge in [0.15, 0.2) is 5.60 Å². The second-order valence-electron chi connectivity index (χ2n) is 10.5.